The standard InChI is InChI=1S/C8H16N2O2/c11-8(12)10-9-6-7-4-2-1-3-5-7/h7,9-10H,1-6H2,(H,11,12). The Bertz CT molecular complexity index is 144. The first-order chi connectivity index (χ1) is 5.79. The molecule has 0 aromatic rings. The van der Waals surface area contributed by atoms with Gasteiger partial charge in [0.15, 0.2) is 0 Å². The number of carboxylic acid groups (broad SMARTS) is 1. The van der Waals surface area contributed by atoms with Crippen LogP contribution in [0.2, 0.25) is 0 Å². The highest BCUT2D eigenvalue weighted by atomic mass is 16.4. The Hall–Kier alpha value is -0.770. The van der Waals surface area contributed by atoms with Gasteiger partial charge in [-0.1, -0.05) is 19.3 Å². The van der Waals surface area contributed by atoms with Gasteiger partial charge in [-0.3, -0.25) is 5.43 Å². The lowest BCUT2D eigenvalue weighted by Gasteiger charge is -2.21. The van der Waals surface area contributed by atoms with Gasteiger partial charge in [0.2, 0.25) is 0 Å². The van der Waals surface area contributed by atoms with E-state index in [4.69, 9.17) is 5.11 Å². The molecule has 0 unspecified atom stereocenters. The monoisotopic (exact) mass is 172 g/mol. The van der Waals surface area contributed by atoms with Gasteiger partial charge in [-0.05, 0) is 18.8 Å². The molecule has 4 heteroatoms. The summed E-state index contributed by atoms with van der Waals surface area (Å²) >= 11 is 0. The van der Waals surface area contributed by atoms with Crippen molar-refractivity contribution in [1.29, 1.82) is 0 Å². The first kappa shape index (κ1) is 9.32. The van der Waals surface area contributed by atoms with Crippen LogP contribution in [0, 0.1) is 5.92 Å². The second kappa shape index (κ2) is 4.98. The van der Waals surface area contributed by atoms with Gasteiger partial charge in [0, 0.05) is 6.54 Å². The van der Waals surface area contributed by atoms with E-state index in [2.05, 4.69) is 10.9 Å². The van der Waals surface area contributed by atoms with Crippen molar-refractivity contribution in [2.24, 2.45) is 5.92 Å². The number of rotatable bonds is 3. The molecule has 0 heterocycles. The lowest BCUT2D eigenvalue weighted by Crippen LogP contribution is -2.39. The van der Waals surface area contributed by atoms with Crippen LogP contribution >= 0.6 is 0 Å². The second-order valence-electron chi connectivity index (χ2n) is 3.32. The number of hydrogen-bond donors (Lipinski definition) is 3. The molecule has 0 atom stereocenters. The molecule has 12 heavy (non-hydrogen) atoms. The molecule has 0 spiro atoms. The molecule has 0 aliphatic heterocycles. The number of nitrogens with one attached hydrogen (secondary N) is 2. The molecule has 0 aromatic heterocycles. The molecule has 1 fully saturated rings. The minimum absolute atomic E-state index is 0.658. The fourth-order valence-electron chi connectivity index (χ4n) is 1.66. The van der Waals surface area contributed by atoms with Crippen LogP contribution in [0.1, 0.15) is 32.1 Å². The van der Waals surface area contributed by atoms with Crippen molar-refractivity contribution >= 4 is 6.09 Å². The quantitative estimate of drug-likeness (QED) is 0.563. The zero-order valence-corrected chi connectivity index (χ0v) is 7.18. The van der Waals surface area contributed by atoms with E-state index in [9.17, 15) is 4.79 Å². The summed E-state index contributed by atoms with van der Waals surface area (Å²) in [5.41, 5.74) is 4.86. The molecule has 1 amide bonds. The number of carbonyl (C=O) groups is 1. The third-order valence-corrected chi connectivity index (χ3v) is 2.31. The molecule has 0 bridgehead atoms. The van der Waals surface area contributed by atoms with Crippen LogP contribution in [0.15, 0.2) is 0 Å². The Morgan fingerprint density at radius 3 is 2.58 bits per heavy atom. The van der Waals surface area contributed by atoms with Crippen LogP contribution in [-0.4, -0.2) is 17.7 Å². The molecule has 70 valence electrons. The van der Waals surface area contributed by atoms with Crippen molar-refractivity contribution in [1.82, 2.24) is 10.9 Å². The zero-order valence-electron chi connectivity index (χ0n) is 7.18. The molecular weight excluding hydrogens is 156 g/mol. The number of hydrogen-bond acceptors (Lipinski definition) is 2. The smallest absolute Gasteiger partial charge is 0.419 e. The van der Waals surface area contributed by atoms with E-state index in [0.717, 1.165) is 6.54 Å². The Kier molecular flexibility index (Phi) is 3.87. The fourth-order valence-corrected chi connectivity index (χ4v) is 1.66. The van der Waals surface area contributed by atoms with Crippen molar-refractivity contribution in [3.63, 3.8) is 0 Å². The first-order valence-electron chi connectivity index (χ1n) is 4.51. The van der Waals surface area contributed by atoms with Gasteiger partial charge in [-0.2, -0.15) is 0 Å². The zero-order chi connectivity index (χ0) is 8.81. The first-order valence-corrected chi connectivity index (χ1v) is 4.51. The molecule has 1 rings (SSSR count). The summed E-state index contributed by atoms with van der Waals surface area (Å²) < 4.78 is 0. The van der Waals surface area contributed by atoms with Gasteiger partial charge in [0.05, 0.1) is 0 Å². The maximum Gasteiger partial charge on any atom is 0.419 e. The van der Waals surface area contributed by atoms with Crippen molar-refractivity contribution in [3.05, 3.63) is 0 Å². The minimum atomic E-state index is -1.01. The maximum absolute atomic E-state index is 10.1. The molecular formula is C8H16N2O2. The molecule has 1 aliphatic carbocycles. The third kappa shape index (κ3) is 3.57. The van der Waals surface area contributed by atoms with Crippen LogP contribution in [0.3, 0.4) is 0 Å². The predicted octanol–water partition coefficient (Wildman–Crippen LogP) is 1.34. The summed E-state index contributed by atoms with van der Waals surface area (Å²) in [5.74, 6) is 0.658. The Morgan fingerprint density at radius 1 is 1.33 bits per heavy atom. The van der Waals surface area contributed by atoms with Crippen molar-refractivity contribution in [2.75, 3.05) is 6.54 Å². The highest BCUT2D eigenvalue weighted by molar-refractivity contribution is 5.63. The average Bonchev–Trinajstić information content (AvgIpc) is 2.05. The Morgan fingerprint density at radius 2 is 2.00 bits per heavy atom. The summed E-state index contributed by atoms with van der Waals surface area (Å²) in [4.78, 5) is 10.1. The number of hydrazine groups is 1. The summed E-state index contributed by atoms with van der Waals surface area (Å²) in [6.07, 6.45) is 5.37. The van der Waals surface area contributed by atoms with Gasteiger partial charge in [-0.25, -0.2) is 10.2 Å². The molecule has 1 saturated carbocycles. The lowest BCUT2D eigenvalue weighted by atomic mass is 9.89. The fraction of sp³-hybridized carbons (Fsp3) is 0.875. The summed E-state index contributed by atoms with van der Waals surface area (Å²) in [6.45, 7) is 0.770. The van der Waals surface area contributed by atoms with Crippen molar-refractivity contribution in [2.45, 2.75) is 32.1 Å². The van der Waals surface area contributed by atoms with E-state index in [0.29, 0.717) is 5.92 Å². The number of amides is 1. The van der Waals surface area contributed by atoms with Crippen LogP contribution in [-0.2, 0) is 0 Å². The van der Waals surface area contributed by atoms with Crippen molar-refractivity contribution < 1.29 is 9.90 Å². The molecule has 0 aromatic carbocycles. The van der Waals surface area contributed by atoms with E-state index < -0.39 is 6.09 Å². The molecule has 0 saturated heterocycles. The average molecular weight is 172 g/mol. The summed E-state index contributed by atoms with van der Waals surface area (Å²) in [7, 11) is 0. The van der Waals surface area contributed by atoms with E-state index in [-0.39, 0.29) is 0 Å². The Labute approximate surface area is 72.3 Å². The van der Waals surface area contributed by atoms with Gasteiger partial charge in [0.1, 0.15) is 0 Å². The van der Waals surface area contributed by atoms with E-state index in [1.165, 1.54) is 32.1 Å². The van der Waals surface area contributed by atoms with Crippen molar-refractivity contribution in [3.8, 4) is 0 Å². The molecule has 4 nitrogen and oxygen atoms in total. The second-order valence-corrected chi connectivity index (χ2v) is 3.32. The SMILES string of the molecule is O=C(O)NNCC1CCCCC1. The predicted molar refractivity (Wildman–Crippen MR) is 45.7 cm³/mol. The lowest BCUT2D eigenvalue weighted by molar-refractivity contribution is 0.186. The topological polar surface area (TPSA) is 61.4 Å². The normalized spacial score (nSPS) is 19.0. The highest BCUT2D eigenvalue weighted by Crippen LogP contribution is 2.22. The third-order valence-electron chi connectivity index (χ3n) is 2.31. The maximum atomic E-state index is 10.1. The highest BCUT2D eigenvalue weighted by Gasteiger charge is 2.12. The van der Waals surface area contributed by atoms with Crippen LogP contribution in [0.5, 0.6) is 0 Å². The minimum Gasteiger partial charge on any atom is -0.464 e. The van der Waals surface area contributed by atoms with E-state index in [1.54, 1.807) is 0 Å². The van der Waals surface area contributed by atoms with E-state index >= 15 is 0 Å². The molecule has 0 radical (unpaired) electrons. The van der Waals surface area contributed by atoms with E-state index in [1.807, 2.05) is 0 Å². The molecule has 1 aliphatic rings. The van der Waals surface area contributed by atoms with Crippen LogP contribution in [0.4, 0.5) is 4.79 Å². The molecule has 3 N–H and O–H groups in total. The van der Waals surface area contributed by atoms with Crippen LogP contribution < -0.4 is 10.9 Å². The van der Waals surface area contributed by atoms with Crippen LogP contribution in [0.25, 0.3) is 0 Å². The van der Waals surface area contributed by atoms with Gasteiger partial charge in [0.25, 0.3) is 0 Å². The summed E-state index contributed by atoms with van der Waals surface area (Å²) in [6, 6.07) is 0. The largest absolute Gasteiger partial charge is 0.464 e. The Balaban J connectivity index is 2.01. The van der Waals surface area contributed by atoms with Gasteiger partial charge < -0.3 is 5.11 Å². The van der Waals surface area contributed by atoms with Gasteiger partial charge >= 0.3 is 6.09 Å². The summed E-state index contributed by atoms with van der Waals surface area (Å²) in [5, 5.41) is 8.27. The van der Waals surface area contributed by atoms with Gasteiger partial charge in [-0.15, -0.1) is 0 Å².